The van der Waals surface area contributed by atoms with Crippen LogP contribution in [-0.2, 0) is 0 Å². The standard InChI is InChI=1S/C4H4FN3/c1-3(5)4-2-6-8-7-4/h2H,1H2,(H,6,7,8). The quantitative estimate of drug-likeness (QED) is 0.583. The molecule has 0 unspecified atom stereocenters. The van der Waals surface area contributed by atoms with Crippen molar-refractivity contribution in [3.63, 3.8) is 0 Å². The van der Waals surface area contributed by atoms with Crippen molar-refractivity contribution in [2.45, 2.75) is 0 Å². The van der Waals surface area contributed by atoms with Gasteiger partial charge >= 0.3 is 0 Å². The van der Waals surface area contributed by atoms with E-state index in [0.29, 0.717) is 0 Å². The molecule has 4 heteroatoms. The van der Waals surface area contributed by atoms with Crippen LogP contribution in [0.1, 0.15) is 5.69 Å². The van der Waals surface area contributed by atoms with Crippen molar-refractivity contribution < 1.29 is 4.39 Å². The molecule has 0 amide bonds. The van der Waals surface area contributed by atoms with E-state index < -0.39 is 5.83 Å². The third-order valence-electron chi connectivity index (χ3n) is 0.695. The van der Waals surface area contributed by atoms with E-state index in [4.69, 9.17) is 0 Å². The van der Waals surface area contributed by atoms with E-state index in [1.807, 2.05) is 0 Å². The molecular weight excluding hydrogens is 109 g/mol. The lowest BCUT2D eigenvalue weighted by Crippen LogP contribution is -1.73. The fourth-order valence-electron chi connectivity index (χ4n) is 0.334. The molecule has 1 N–H and O–H groups in total. The predicted molar refractivity (Wildman–Crippen MR) is 26.5 cm³/mol. The maximum absolute atomic E-state index is 12.0. The molecule has 0 saturated carbocycles. The molecule has 1 aromatic heterocycles. The smallest absolute Gasteiger partial charge is 0.145 e. The second-order valence-corrected chi connectivity index (χ2v) is 1.26. The lowest BCUT2D eigenvalue weighted by atomic mass is 10.4. The van der Waals surface area contributed by atoms with Crippen molar-refractivity contribution in [2.75, 3.05) is 0 Å². The fraction of sp³-hybridized carbons (Fsp3) is 0. The van der Waals surface area contributed by atoms with Gasteiger partial charge in [-0.05, 0) is 0 Å². The van der Waals surface area contributed by atoms with Crippen LogP contribution in [0.2, 0.25) is 0 Å². The Kier molecular flexibility index (Phi) is 1.07. The van der Waals surface area contributed by atoms with Gasteiger partial charge in [0.15, 0.2) is 0 Å². The number of aromatic amines is 1. The minimum atomic E-state index is -0.571. The molecule has 0 aromatic carbocycles. The molecular formula is C4H4FN3. The molecule has 0 aliphatic carbocycles. The highest BCUT2D eigenvalue weighted by Gasteiger charge is 1.96. The summed E-state index contributed by atoms with van der Waals surface area (Å²) in [5.74, 6) is -0.571. The Labute approximate surface area is 45.2 Å². The lowest BCUT2D eigenvalue weighted by Gasteiger charge is -1.78. The van der Waals surface area contributed by atoms with E-state index in [0.717, 1.165) is 0 Å². The zero-order chi connectivity index (χ0) is 5.98. The average molecular weight is 113 g/mol. The number of rotatable bonds is 1. The van der Waals surface area contributed by atoms with Gasteiger partial charge in [-0.15, -0.1) is 5.10 Å². The van der Waals surface area contributed by atoms with Gasteiger partial charge in [-0.25, -0.2) is 4.39 Å². The number of halogens is 1. The van der Waals surface area contributed by atoms with Crippen LogP contribution in [0.3, 0.4) is 0 Å². The monoisotopic (exact) mass is 113 g/mol. The summed E-state index contributed by atoms with van der Waals surface area (Å²) in [6, 6.07) is 0. The highest BCUT2D eigenvalue weighted by atomic mass is 19.1. The number of H-pyrrole nitrogens is 1. The van der Waals surface area contributed by atoms with Crippen LogP contribution < -0.4 is 0 Å². The first-order chi connectivity index (χ1) is 3.80. The van der Waals surface area contributed by atoms with Crippen LogP contribution in [0.4, 0.5) is 4.39 Å². The SMILES string of the molecule is C=C(F)c1c[nH]nn1. The summed E-state index contributed by atoms with van der Waals surface area (Å²) in [5, 5.41) is 8.95. The number of hydrogen-bond acceptors (Lipinski definition) is 2. The van der Waals surface area contributed by atoms with Gasteiger partial charge in [0, 0.05) is 0 Å². The molecule has 0 aliphatic rings. The Balaban J connectivity index is 2.93. The Morgan fingerprint density at radius 1 is 1.88 bits per heavy atom. The summed E-state index contributed by atoms with van der Waals surface area (Å²) >= 11 is 0. The molecule has 0 spiro atoms. The van der Waals surface area contributed by atoms with E-state index in [1.54, 1.807) is 0 Å². The maximum atomic E-state index is 12.0. The van der Waals surface area contributed by atoms with Gasteiger partial charge in [-0.3, -0.25) is 5.10 Å². The van der Waals surface area contributed by atoms with E-state index in [9.17, 15) is 4.39 Å². The zero-order valence-electron chi connectivity index (χ0n) is 4.06. The van der Waals surface area contributed by atoms with Gasteiger partial charge in [0.05, 0.1) is 6.20 Å². The summed E-state index contributed by atoms with van der Waals surface area (Å²) in [7, 11) is 0. The van der Waals surface area contributed by atoms with Gasteiger partial charge in [0.2, 0.25) is 0 Å². The predicted octanol–water partition coefficient (Wildman–Crippen LogP) is 0.745. The molecule has 3 nitrogen and oxygen atoms in total. The van der Waals surface area contributed by atoms with E-state index in [1.165, 1.54) is 6.20 Å². The van der Waals surface area contributed by atoms with Crippen LogP contribution in [0.5, 0.6) is 0 Å². The van der Waals surface area contributed by atoms with E-state index in [2.05, 4.69) is 22.0 Å². The Morgan fingerprint density at radius 2 is 2.62 bits per heavy atom. The fourth-order valence-corrected chi connectivity index (χ4v) is 0.334. The second-order valence-electron chi connectivity index (χ2n) is 1.26. The van der Waals surface area contributed by atoms with Crippen LogP contribution in [0, 0.1) is 0 Å². The molecule has 1 rings (SSSR count). The molecule has 0 aliphatic heterocycles. The minimum Gasteiger partial charge on any atom is -0.265 e. The number of nitrogens with zero attached hydrogens (tertiary/aromatic N) is 2. The van der Waals surface area contributed by atoms with E-state index >= 15 is 0 Å². The molecule has 1 heterocycles. The number of hydrogen-bond donors (Lipinski definition) is 1. The molecule has 0 bridgehead atoms. The van der Waals surface area contributed by atoms with Gasteiger partial charge < -0.3 is 0 Å². The highest BCUT2D eigenvalue weighted by molar-refractivity contribution is 5.50. The Bertz CT molecular complexity index is 179. The van der Waals surface area contributed by atoms with Gasteiger partial charge in [-0.1, -0.05) is 11.8 Å². The first-order valence-electron chi connectivity index (χ1n) is 2.02. The van der Waals surface area contributed by atoms with Gasteiger partial charge in [0.25, 0.3) is 0 Å². The van der Waals surface area contributed by atoms with Crippen molar-refractivity contribution in [2.24, 2.45) is 0 Å². The summed E-state index contributed by atoms with van der Waals surface area (Å²) < 4.78 is 12.0. The van der Waals surface area contributed by atoms with Crippen LogP contribution in [0.15, 0.2) is 12.8 Å². The summed E-state index contributed by atoms with van der Waals surface area (Å²) in [4.78, 5) is 0. The maximum Gasteiger partial charge on any atom is 0.145 e. The Morgan fingerprint density at radius 3 is 2.88 bits per heavy atom. The molecule has 8 heavy (non-hydrogen) atoms. The number of aromatic nitrogens is 3. The van der Waals surface area contributed by atoms with Crippen molar-refractivity contribution in [3.8, 4) is 0 Å². The van der Waals surface area contributed by atoms with E-state index in [-0.39, 0.29) is 5.69 Å². The molecule has 0 atom stereocenters. The first-order valence-corrected chi connectivity index (χ1v) is 2.02. The molecule has 0 saturated heterocycles. The van der Waals surface area contributed by atoms with Crippen LogP contribution in [-0.4, -0.2) is 15.4 Å². The summed E-state index contributed by atoms with van der Waals surface area (Å²) in [6.07, 6.45) is 1.34. The van der Waals surface area contributed by atoms with Crippen LogP contribution >= 0.6 is 0 Å². The Hall–Kier alpha value is -1.19. The molecule has 0 fully saturated rings. The van der Waals surface area contributed by atoms with Crippen molar-refractivity contribution in [1.82, 2.24) is 15.4 Å². The van der Waals surface area contributed by atoms with Crippen molar-refractivity contribution >= 4 is 5.83 Å². The minimum absolute atomic E-state index is 0.157. The van der Waals surface area contributed by atoms with Gasteiger partial charge in [0.1, 0.15) is 11.5 Å². The average Bonchev–Trinajstić information content (AvgIpc) is 2.12. The van der Waals surface area contributed by atoms with Crippen molar-refractivity contribution in [1.29, 1.82) is 0 Å². The summed E-state index contributed by atoms with van der Waals surface area (Å²) in [6.45, 7) is 3.01. The second kappa shape index (κ2) is 1.73. The highest BCUT2D eigenvalue weighted by Crippen LogP contribution is 2.05. The normalized spacial score (nSPS) is 9.12. The lowest BCUT2D eigenvalue weighted by molar-refractivity contribution is 0.753. The number of nitrogens with one attached hydrogen (secondary N) is 1. The van der Waals surface area contributed by atoms with Gasteiger partial charge in [-0.2, -0.15) is 0 Å². The summed E-state index contributed by atoms with van der Waals surface area (Å²) in [5.41, 5.74) is 0.157. The zero-order valence-corrected chi connectivity index (χ0v) is 4.06. The molecule has 1 aromatic rings. The largest absolute Gasteiger partial charge is 0.265 e. The third kappa shape index (κ3) is 0.726. The third-order valence-corrected chi connectivity index (χ3v) is 0.695. The van der Waals surface area contributed by atoms with Crippen LogP contribution in [0.25, 0.3) is 5.83 Å². The first kappa shape index (κ1) is 4.96. The van der Waals surface area contributed by atoms with Crippen molar-refractivity contribution in [3.05, 3.63) is 18.5 Å². The molecule has 0 radical (unpaired) electrons. The topological polar surface area (TPSA) is 41.6 Å². The molecule has 42 valence electrons.